The van der Waals surface area contributed by atoms with E-state index in [1.54, 1.807) is 6.92 Å². The molecule has 9 nitrogen and oxygen atoms in total. The van der Waals surface area contributed by atoms with Crippen molar-refractivity contribution < 1.29 is 24.2 Å². The molecule has 198 valence electrons. The highest BCUT2D eigenvalue weighted by Gasteiger charge is 2.78. The Morgan fingerprint density at radius 1 is 1.17 bits per heavy atom. The summed E-state index contributed by atoms with van der Waals surface area (Å²) in [6, 6.07) is 6.10. The third-order valence-corrected chi connectivity index (χ3v) is 8.30. The molecule has 4 rings (SSSR count). The molecule has 2 unspecified atom stereocenters. The first-order valence-electron chi connectivity index (χ1n) is 13.2. The first-order valence-corrected chi connectivity index (χ1v) is 13.2. The molecule has 3 N–H and O–H groups in total. The van der Waals surface area contributed by atoms with Gasteiger partial charge >= 0.3 is 0 Å². The second kappa shape index (κ2) is 10.0. The van der Waals surface area contributed by atoms with Gasteiger partial charge in [-0.2, -0.15) is 0 Å². The highest BCUT2D eigenvalue weighted by Crippen LogP contribution is 2.63. The Hall–Kier alpha value is -2.65. The lowest BCUT2D eigenvalue weighted by Crippen LogP contribution is -2.55. The van der Waals surface area contributed by atoms with Crippen molar-refractivity contribution in [1.29, 1.82) is 0 Å². The van der Waals surface area contributed by atoms with Gasteiger partial charge in [0.25, 0.3) is 0 Å². The predicted molar refractivity (Wildman–Crippen MR) is 138 cm³/mol. The van der Waals surface area contributed by atoms with Crippen LogP contribution in [0.5, 0.6) is 0 Å². The number of amides is 3. The standard InChI is InChI=1S/C27H40N4O5/c1-6-15-28-23(33)20-21-25(35)31(17(4)16-32)22(27(21)14-13-26(20,5)36-27)24(34)29-18-9-11-19(12-10-18)30(7-2)8-3/h9-12,17,20-22,32H,6-8,13-16H2,1-5H3,(H,28,33)(H,29,34)/t17-,20-,21+,22?,26+,27?/m1/s1. The number of carbonyl (C=O) groups excluding carboxylic acids is 3. The fourth-order valence-corrected chi connectivity index (χ4v) is 6.54. The van der Waals surface area contributed by atoms with Gasteiger partial charge in [-0.25, -0.2) is 0 Å². The van der Waals surface area contributed by atoms with Gasteiger partial charge in [-0.15, -0.1) is 0 Å². The lowest BCUT2D eigenvalue weighted by molar-refractivity contribution is -0.147. The largest absolute Gasteiger partial charge is 0.394 e. The van der Waals surface area contributed by atoms with E-state index < -0.39 is 35.1 Å². The number of hydrogen-bond donors (Lipinski definition) is 3. The van der Waals surface area contributed by atoms with Gasteiger partial charge in [0.15, 0.2) is 0 Å². The lowest BCUT2D eigenvalue weighted by atomic mass is 9.66. The van der Waals surface area contributed by atoms with Crippen LogP contribution in [-0.2, 0) is 19.1 Å². The number of rotatable bonds is 10. The Labute approximate surface area is 213 Å². The zero-order valence-electron chi connectivity index (χ0n) is 22.0. The van der Waals surface area contributed by atoms with Gasteiger partial charge in [-0.1, -0.05) is 6.92 Å². The van der Waals surface area contributed by atoms with Crippen LogP contribution in [0.25, 0.3) is 0 Å². The molecule has 3 aliphatic rings. The normalized spacial score (nSPS) is 31.3. The van der Waals surface area contributed by atoms with Gasteiger partial charge in [-0.3, -0.25) is 14.4 Å². The van der Waals surface area contributed by atoms with Crippen LogP contribution >= 0.6 is 0 Å². The molecular weight excluding hydrogens is 460 g/mol. The van der Waals surface area contributed by atoms with Crippen LogP contribution in [0.15, 0.2) is 24.3 Å². The maximum absolute atomic E-state index is 13.8. The molecule has 0 saturated carbocycles. The molecule has 1 aromatic rings. The molecule has 36 heavy (non-hydrogen) atoms. The fourth-order valence-electron chi connectivity index (χ4n) is 6.54. The van der Waals surface area contributed by atoms with E-state index in [9.17, 15) is 19.5 Å². The molecule has 3 amide bonds. The summed E-state index contributed by atoms with van der Waals surface area (Å²) >= 11 is 0. The number of hydrogen-bond acceptors (Lipinski definition) is 6. The van der Waals surface area contributed by atoms with Crippen molar-refractivity contribution >= 4 is 29.1 Å². The summed E-state index contributed by atoms with van der Waals surface area (Å²) in [5.41, 5.74) is -0.226. The Bertz CT molecular complexity index is 996. The lowest BCUT2D eigenvalue weighted by Gasteiger charge is -2.35. The van der Waals surface area contributed by atoms with Gasteiger partial charge in [0.05, 0.1) is 30.1 Å². The maximum Gasteiger partial charge on any atom is 0.250 e. The molecule has 3 aliphatic heterocycles. The van der Waals surface area contributed by atoms with Crippen LogP contribution in [0.3, 0.4) is 0 Å². The first-order chi connectivity index (χ1) is 17.2. The quantitative estimate of drug-likeness (QED) is 0.454. The van der Waals surface area contributed by atoms with Gasteiger partial charge in [0.1, 0.15) is 11.6 Å². The number of nitrogens with zero attached hydrogens (tertiary/aromatic N) is 2. The van der Waals surface area contributed by atoms with Crippen molar-refractivity contribution in [1.82, 2.24) is 10.2 Å². The number of likely N-dealkylation sites (tertiary alicyclic amines) is 1. The minimum atomic E-state index is -1.10. The van der Waals surface area contributed by atoms with E-state index in [1.165, 1.54) is 4.90 Å². The zero-order valence-corrected chi connectivity index (χ0v) is 22.0. The Morgan fingerprint density at radius 2 is 1.83 bits per heavy atom. The molecule has 1 aromatic carbocycles. The third-order valence-electron chi connectivity index (χ3n) is 8.30. The van der Waals surface area contributed by atoms with Crippen molar-refractivity contribution in [3.8, 4) is 0 Å². The molecule has 0 aliphatic carbocycles. The SMILES string of the molecule is CCCNC(=O)[C@H]1[C@H]2C(=O)N([C@H](C)CO)C(C(=O)Nc3ccc(N(CC)CC)cc3)C23CC[C@]1(C)O3. The predicted octanol–water partition coefficient (Wildman–Crippen LogP) is 2.14. The summed E-state index contributed by atoms with van der Waals surface area (Å²) in [6.45, 7) is 11.7. The van der Waals surface area contributed by atoms with E-state index >= 15 is 0 Å². The average molecular weight is 501 g/mol. The smallest absolute Gasteiger partial charge is 0.250 e. The third kappa shape index (κ3) is 4.06. The van der Waals surface area contributed by atoms with Crippen molar-refractivity contribution in [3.05, 3.63) is 24.3 Å². The topological polar surface area (TPSA) is 111 Å². The zero-order chi connectivity index (χ0) is 26.3. The van der Waals surface area contributed by atoms with Crippen molar-refractivity contribution in [2.45, 2.75) is 77.2 Å². The van der Waals surface area contributed by atoms with Crippen molar-refractivity contribution in [3.63, 3.8) is 0 Å². The highest BCUT2D eigenvalue weighted by molar-refractivity contribution is 6.04. The number of nitrogens with one attached hydrogen (secondary N) is 2. The van der Waals surface area contributed by atoms with Gasteiger partial charge < -0.3 is 30.3 Å². The van der Waals surface area contributed by atoms with Crippen molar-refractivity contribution in [2.24, 2.45) is 11.8 Å². The minimum absolute atomic E-state index is 0.205. The number of carbonyl (C=O) groups is 3. The maximum atomic E-state index is 13.8. The highest BCUT2D eigenvalue weighted by atomic mass is 16.5. The van der Waals surface area contributed by atoms with E-state index in [0.29, 0.717) is 25.1 Å². The second-order valence-corrected chi connectivity index (χ2v) is 10.5. The molecule has 1 spiro atoms. The van der Waals surface area contributed by atoms with Gasteiger partial charge in [0.2, 0.25) is 17.7 Å². The number of fused-ring (bicyclic) bond motifs is 1. The van der Waals surface area contributed by atoms with Gasteiger partial charge in [0, 0.05) is 31.0 Å². The number of anilines is 2. The van der Waals surface area contributed by atoms with Crippen LogP contribution < -0.4 is 15.5 Å². The number of ether oxygens (including phenoxy) is 1. The van der Waals surface area contributed by atoms with E-state index in [-0.39, 0.29) is 24.3 Å². The molecule has 0 radical (unpaired) electrons. The summed E-state index contributed by atoms with van der Waals surface area (Å²) < 4.78 is 6.56. The first kappa shape index (κ1) is 26.4. The van der Waals surface area contributed by atoms with Crippen LogP contribution in [0, 0.1) is 11.8 Å². The molecule has 0 aromatic heterocycles. The van der Waals surface area contributed by atoms with Crippen LogP contribution in [0.2, 0.25) is 0 Å². The van der Waals surface area contributed by atoms with Crippen LogP contribution in [0.1, 0.15) is 53.9 Å². The summed E-state index contributed by atoms with van der Waals surface area (Å²) in [4.78, 5) is 44.5. The number of aliphatic hydroxyl groups is 1. The van der Waals surface area contributed by atoms with Gasteiger partial charge in [-0.05, 0) is 71.2 Å². The van der Waals surface area contributed by atoms with E-state index in [2.05, 4.69) is 29.4 Å². The van der Waals surface area contributed by atoms with E-state index in [4.69, 9.17) is 4.74 Å². The molecule has 3 heterocycles. The summed E-state index contributed by atoms with van der Waals surface area (Å²) in [5.74, 6) is -2.30. The Balaban J connectivity index is 1.66. The second-order valence-electron chi connectivity index (χ2n) is 10.5. The fraction of sp³-hybridized carbons (Fsp3) is 0.667. The molecule has 6 atom stereocenters. The molecular formula is C27H40N4O5. The molecule has 2 bridgehead atoms. The number of aliphatic hydroxyl groups excluding tert-OH is 1. The van der Waals surface area contributed by atoms with E-state index in [0.717, 1.165) is 25.2 Å². The van der Waals surface area contributed by atoms with Crippen LogP contribution in [0.4, 0.5) is 11.4 Å². The van der Waals surface area contributed by atoms with Crippen LogP contribution in [-0.4, -0.2) is 77.3 Å². The summed E-state index contributed by atoms with van der Waals surface area (Å²) in [7, 11) is 0. The minimum Gasteiger partial charge on any atom is -0.394 e. The molecule has 3 fully saturated rings. The average Bonchev–Trinajstić information content (AvgIpc) is 3.44. The molecule has 9 heteroatoms. The summed E-state index contributed by atoms with van der Waals surface area (Å²) in [5, 5.41) is 15.9. The number of benzene rings is 1. The van der Waals surface area contributed by atoms with E-state index in [1.807, 2.05) is 38.1 Å². The Morgan fingerprint density at radius 3 is 2.42 bits per heavy atom. The van der Waals surface area contributed by atoms with Crippen molar-refractivity contribution in [2.75, 3.05) is 36.5 Å². The monoisotopic (exact) mass is 500 g/mol. The Kier molecular flexibility index (Phi) is 7.35. The molecule has 3 saturated heterocycles. The summed E-state index contributed by atoms with van der Waals surface area (Å²) in [6.07, 6.45) is 1.88.